The molecule has 0 bridgehead atoms. The first kappa shape index (κ1) is 17.7. The number of aliphatic carboxylic acids is 1. The van der Waals surface area contributed by atoms with Crippen LogP contribution in [0, 0.1) is 0 Å². The first-order chi connectivity index (χ1) is 9.91. The van der Waals surface area contributed by atoms with E-state index in [9.17, 15) is 19.8 Å². The average Bonchev–Trinajstić information content (AvgIpc) is 2.65. The van der Waals surface area contributed by atoms with E-state index in [0.717, 1.165) is 25.7 Å². The van der Waals surface area contributed by atoms with Crippen LogP contribution in [-0.2, 0) is 9.53 Å². The van der Waals surface area contributed by atoms with Gasteiger partial charge in [0, 0.05) is 14.2 Å². The molecule has 0 aromatic carbocycles. The quantitative estimate of drug-likeness (QED) is 0.631. The van der Waals surface area contributed by atoms with Crippen molar-refractivity contribution in [3.05, 3.63) is 0 Å². The number of methoxy groups -OCH3 is 1. The maximum absolute atomic E-state index is 12.2. The van der Waals surface area contributed by atoms with E-state index in [1.165, 1.54) is 19.1 Å². The molecule has 0 heterocycles. The van der Waals surface area contributed by atoms with Crippen LogP contribution in [-0.4, -0.2) is 66.1 Å². The van der Waals surface area contributed by atoms with Crippen LogP contribution >= 0.6 is 0 Å². The van der Waals surface area contributed by atoms with Gasteiger partial charge in [0.2, 0.25) is 0 Å². The second-order valence-corrected chi connectivity index (χ2v) is 5.72. The normalized spacial score (nSPS) is 19.4. The van der Waals surface area contributed by atoms with E-state index in [2.05, 4.69) is 5.32 Å². The number of rotatable bonds is 6. The molecular weight excluding hydrogens is 276 g/mol. The number of aliphatic hydroxyl groups is 1. The number of carboxylic acid groups (broad SMARTS) is 1. The van der Waals surface area contributed by atoms with Gasteiger partial charge in [-0.25, -0.2) is 9.59 Å². The molecular formula is C14H26N2O5. The maximum Gasteiger partial charge on any atom is 0.329 e. The number of likely N-dealkylation sites (N-methyl/N-ethyl adjacent to an activating group) is 1. The minimum Gasteiger partial charge on any atom is -0.480 e. The van der Waals surface area contributed by atoms with Gasteiger partial charge < -0.3 is 25.2 Å². The highest BCUT2D eigenvalue weighted by Gasteiger charge is 2.40. The SMILES string of the molecule is COCC(O)CN(C)C(=O)NC1(C(=O)O)CCCCCC1. The summed E-state index contributed by atoms with van der Waals surface area (Å²) in [5.74, 6) is -0.983. The number of amides is 2. The first-order valence-electron chi connectivity index (χ1n) is 7.35. The second kappa shape index (κ2) is 8.19. The number of hydrogen-bond donors (Lipinski definition) is 3. The van der Waals surface area contributed by atoms with Gasteiger partial charge in [0.15, 0.2) is 0 Å². The van der Waals surface area contributed by atoms with E-state index in [1.54, 1.807) is 0 Å². The molecule has 1 saturated carbocycles. The Kier molecular flexibility index (Phi) is 6.91. The summed E-state index contributed by atoms with van der Waals surface area (Å²) in [6, 6.07) is -0.477. The van der Waals surface area contributed by atoms with Crippen LogP contribution in [0.15, 0.2) is 0 Å². The third-order valence-corrected chi connectivity index (χ3v) is 3.90. The number of carbonyl (C=O) groups excluding carboxylic acids is 1. The van der Waals surface area contributed by atoms with Gasteiger partial charge >= 0.3 is 12.0 Å². The Morgan fingerprint density at radius 2 is 1.86 bits per heavy atom. The van der Waals surface area contributed by atoms with E-state index in [-0.39, 0.29) is 13.2 Å². The predicted molar refractivity (Wildman–Crippen MR) is 77.1 cm³/mol. The zero-order valence-corrected chi connectivity index (χ0v) is 12.8. The molecule has 1 aliphatic carbocycles. The predicted octanol–water partition coefficient (Wildman–Crippen LogP) is 0.813. The summed E-state index contributed by atoms with van der Waals surface area (Å²) in [5, 5.41) is 21.8. The highest BCUT2D eigenvalue weighted by Crippen LogP contribution is 2.27. The molecule has 1 atom stereocenters. The summed E-state index contributed by atoms with van der Waals surface area (Å²) in [7, 11) is 2.99. The van der Waals surface area contributed by atoms with Crippen molar-refractivity contribution in [3.8, 4) is 0 Å². The molecule has 0 spiro atoms. The van der Waals surface area contributed by atoms with Crippen molar-refractivity contribution in [1.29, 1.82) is 0 Å². The number of nitrogens with one attached hydrogen (secondary N) is 1. The molecule has 1 aliphatic rings. The van der Waals surface area contributed by atoms with E-state index < -0.39 is 23.6 Å². The van der Waals surface area contributed by atoms with E-state index in [0.29, 0.717) is 12.8 Å². The standard InChI is InChI=1S/C14H26N2O5/c1-16(9-11(17)10-21-2)13(20)15-14(12(18)19)7-5-3-4-6-8-14/h11,17H,3-10H2,1-2H3,(H,15,20)(H,18,19). The molecule has 122 valence electrons. The number of carboxylic acids is 1. The molecule has 1 fully saturated rings. The summed E-state index contributed by atoms with van der Waals surface area (Å²) in [5.41, 5.74) is -1.19. The minimum atomic E-state index is -1.19. The van der Waals surface area contributed by atoms with E-state index in [1.807, 2.05) is 0 Å². The third-order valence-electron chi connectivity index (χ3n) is 3.90. The van der Waals surface area contributed by atoms with Crippen molar-refractivity contribution in [2.75, 3.05) is 27.3 Å². The molecule has 0 aromatic heterocycles. The van der Waals surface area contributed by atoms with Crippen LogP contribution < -0.4 is 5.32 Å². The molecule has 0 saturated heterocycles. The Morgan fingerprint density at radius 3 is 2.33 bits per heavy atom. The Labute approximate surface area is 125 Å². The van der Waals surface area contributed by atoms with Crippen LogP contribution in [0.2, 0.25) is 0 Å². The molecule has 0 aliphatic heterocycles. The zero-order chi connectivity index (χ0) is 15.9. The van der Waals surface area contributed by atoms with Gasteiger partial charge in [0.05, 0.1) is 19.3 Å². The van der Waals surface area contributed by atoms with Gasteiger partial charge in [-0.05, 0) is 12.8 Å². The van der Waals surface area contributed by atoms with Crippen molar-refractivity contribution in [1.82, 2.24) is 10.2 Å². The monoisotopic (exact) mass is 302 g/mol. The lowest BCUT2D eigenvalue weighted by molar-refractivity contribution is -0.145. The number of aliphatic hydroxyl groups excluding tert-OH is 1. The Bertz CT molecular complexity index is 353. The molecule has 0 aromatic rings. The lowest BCUT2D eigenvalue weighted by Gasteiger charge is -2.32. The summed E-state index contributed by atoms with van der Waals surface area (Å²) in [6.45, 7) is 0.219. The number of carbonyl (C=O) groups is 2. The highest BCUT2D eigenvalue weighted by molar-refractivity contribution is 5.86. The summed E-state index contributed by atoms with van der Waals surface area (Å²) in [6.07, 6.45) is 3.68. The van der Waals surface area contributed by atoms with Crippen molar-refractivity contribution in [3.63, 3.8) is 0 Å². The molecule has 2 amide bonds. The van der Waals surface area contributed by atoms with Gasteiger partial charge in [-0.3, -0.25) is 0 Å². The zero-order valence-electron chi connectivity index (χ0n) is 12.8. The van der Waals surface area contributed by atoms with Crippen molar-refractivity contribution >= 4 is 12.0 Å². The van der Waals surface area contributed by atoms with Crippen LogP contribution in [0.5, 0.6) is 0 Å². The Morgan fingerprint density at radius 1 is 1.29 bits per heavy atom. The van der Waals surface area contributed by atoms with Gasteiger partial charge in [-0.2, -0.15) is 0 Å². The molecule has 0 radical (unpaired) electrons. The first-order valence-corrected chi connectivity index (χ1v) is 7.35. The van der Waals surface area contributed by atoms with E-state index in [4.69, 9.17) is 4.74 Å². The second-order valence-electron chi connectivity index (χ2n) is 5.72. The number of nitrogens with zero attached hydrogens (tertiary/aromatic N) is 1. The highest BCUT2D eigenvalue weighted by atomic mass is 16.5. The smallest absolute Gasteiger partial charge is 0.329 e. The number of urea groups is 1. The summed E-state index contributed by atoms with van der Waals surface area (Å²) >= 11 is 0. The fourth-order valence-corrected chi connectivity index (χ4v) is 2.67. The molecule has 1 rings (SSSR count). The fraction of sp³-hybridized carbons (Fsp3) is 0.857. The summed E-state index contributed by atoms with van der Waals surface area (Å²) in [4.78, 5) is 25.1. The Balaban J connectivity index is 2.65. The van der Waals surface area contributed by atoms with Crippen molar-refractivity contribution < 1.29 is 24.5 Å². The van der Waals surface area contributed by atoms with Crippen molar-refractivity contribution in [2.24, 2.45) is 0 Å². The number of hydrogen-bond acceptors (Lipinski definition) is 4. The van der Waals surface area contributed by atoms with Crippen LogP contribution in [0.3, 0.4) is 0 Å². The van der Waals surface area contributed by atoms with Crippen LogP contribution in [0.4, 0.5) is 4.79 Å². The van der Waals surface area contributed by atoms with Gasteiger partial charge in [-0.15, -0.1) is 0 Å². The topological polar surface area (TPSA) is 99.1 Å². The van der Waals surface area contributed by atoms with Crippen LogP contribution in [0.1, 0.15) is 38.5 Å². The Hall–Kier alpha value is -1.34. The minimum absolute atomic E-state index is 0.0926. The molecule has 1 unspecified atom stereocenters. The average molecular weight is 302 g/mol. The van der Waals surface area contributed by atoms with Gasteiger partial charge in [0.1, 0.15) is 5.54 Å². The fourth-order valence-electron chi connectivity index (χ4n) is 2.67. The maximum atomic E-state index is 12.2. The van der Waals surface area contributed by atoms with Crippen molar-refractivity contribution in [2.45, 2.75) is 50.2 Å². The van der Waals surface area contributed by atoms with E-state index >= 15 is 0 Å². The largest absolute Gasteiger partial charge is 0.480 e. The van der Waals surface area contributed by atoms with Crippen LogP contribution in [0.25, 0.3) is 0 Å². The third kappa shape index (κ3) is 5.17. The lowest BCUT2D eigenvalue weighted by atomic mass is 9.90. The lowest BCUT2D eigenvalue weighted by Crippen LogP contribution is -2.57. The molecule has 7 nitrogen and oxygen atoms in total. The van der Waals surface area contributed by atoms with Gasteiger partial charge in [0.25, 0.3) is 0 Å². The molecule has 21 heavy (non-hydrogen) atoms. The van der Waals surface area contributed by atoms with Gasteiger partial charge in [-0.1, -0.05) is 25.7 Å². The summed E-state index contributed by atoms with van der Waals surface area (Å²) < 4.78 is 4.81. The molecule has 7 heteroatoms. The molecule has 3 N–H and O–H groups in total. The number of ether oxygens (including phenoxy) is 1.